The quantitative estimate of drug-likeness (QED) is 0.516. The number of ether oxygens (including phenoxy) is 3. The summed E-state index contributed by atoms with van der Waals surface area (Å²) >= 11 is 0. The van der Waals surface area contributed by atoms with E-state index in [-0.39, 0.29) is 24.5 Å². The molecule has 1 aliphatic heterocycles. The van der Waals surface area contributed by atoms with Crippen molar-refractivity contribution in [2.24, 2.45) is 5.92 Å². The summed E-state index contributed by atoms with van der Waals surface area (Å²) < 4.78 is 16.4. The van der Waals surface area contributed by atoms with Crippen LogP contribution >= 0.6 is 0 Å². The van der Waals surface area contributed by atoms with Crippen LogP contribution in [-0.2, 0) is 4.79 Å². The fourth-order valence-electron chi connectivity index (χ4n) is 5.09. The van der Waals surface area contributed by atoms with Gasteiger partial charge in [-0.2, -0.15) is 0 Å². The Labute approximate surface area is 213 Å². The Hall–Kier alpha value is -3.26. The van der Waals surface area contributed by atoms with Gasteiger partial charge < -0.3 is 29.7 Å². The van der Waals surface area contributed by atoms with E-state index in [4.69, 9.17) is 14.2 Å². The molecule has 8 heteroatoms. The molecule has 4 rings (SSSR count). The van der Waals surface area contributed by atoms with Crippen molar-refractivity contribution in [3.05, 3.63) is 48.0 Å². The van der Waals surface area contributed by atoms with Crippen LogP contribution in [0.3, 0.4) is 0 Å². The van der Waals surface area contributed by atoms with Gasteiger partial charge in [0.15, 0.2) is 18.1 Å². The molecule has 1 aliphatic carbocycles. The number of anilines is 1. The first kappa shape index (κ1) is 25.8. The van der Waals surface area contributed by atoms with E-state index < -0.39 is 0 Å². The Morgan fingerprint density at radius 2 is 1.64 bits per heavy atom. The third kappa shape index (κ3) is 6.91. The molecule has 0 radical (unpaired) electrons. The minimum atomic E-state index is -0.331. The molecule has 0 atom stereocenters. The minimum absolute atomic E-state index is 0.122. The van der Waals surface area contributed by atoms with Crippen LogP contribution in [0.25, 0.3) is 0 Å². The van der Waals surface area contributed by atoms with E-state index in [1.54, 1.807) is 37.4 Å². The average Bonchev–Trinajstić information content (AvgIpc) is 3.42. The zero-order valence-corrected chi connectivity index (χ0v) is 21.3. The molecule has 2 aromatic rings. The van der Waals surface area contributed by atoms with Gasteiger partial charge in [-0.3, -0.25) is 9.59 Å². The van der Waals surface area contributed by atoms with Crippen molar-refractivity contribution >= 4 is 17.5 Å². The summed E-state index contributed by atoms with van der Waals surface area (Å²) in [6.45, 7) is 3.07. The van der Waals surface area contributed by atoms with E-state index in [2.05, 4.69) is 15.5 Å². The maximum Gasteiger partial charge on any atom is 0.262 e. The first-order chi connectivity index (χ1) is 17.6. The van der Waals surface area contributed by atoms with Crippen LogP contribution in [0.4, 0.5) is 5.69 Å². The standard InChI is InChI=1S/C28H37N3O5/c1-34-24-10-6-5-9-23(24)30-27(32)19-36-25-12-11-21(17-26(25)35-2)28(33)29-22-13-15-31(16-14-22)18-20-7-3-4-8-20/h5-6,9-12,17,20,22H,3-4,7-8,13-16,18-19H2,1-2H3,(H,29,33)(H,30,32). The third-order valence-corrected chi connectivity index (χ3v) is 7.08. The van der Waals surface area contributed by atoms with Gasteiger partial charge in [0.25, 0.3) is 11.8 Å². The maximum absolute atomic E-state index is 12.9. The van der Waals surface area contributed by atoms with Crippen LogP contribution in [0.2, 0.25) is 0 Å². The topological polar surface area (TPSA) is 89.1 Å². The zero-order valence-electron chi connectivity index (χ0n) is 21.3. The van der Waals surface area contributed by atoms with Crippen molar-refractivity contribution < 1.29 is 23.8 Å². The van der Waals surface area contributed by atoms with Crippen LogP contribution in [0.1, 0.15) is 48.9 Å². The Morgan fingerprint density at radius 3 is 2.36 bits per heavy atom. The molecule has 0 bridgehead atoms. The van der Waals surface area contributed by atoms with E-state index >= 15 is 0 Å². The number of likely N-dealkylation sites (tertiary alicyclic amines) is 1. The van der Waals surface area contributed by atoms with E-state index in [0.717, 1.165) is 31.8 Å². The third-order valence-electron chi connectivity index (χ3n) is 7.08. The molecule has 0 aromatic heterocycles. The molecule has 2 aliphatic rings. The normalized spacial score (nSPS) is 16.9. The summed E-state index contributed by atoms with van der Waals surface area (Å²) in [6.07, 6.45) is 7.42. The largest absolute Gasteiger partial charge is 0.495 e. The SMILES string of the molecule is COc1ccccc1NC(=O)COc1ccc(C(=O)NC2CCN(CC3CCCC3)CC2)cc1OC. The number of hydrogen-bond donors (Lipinski definition) is 2. The smallest absolute Gasteiger partial charge is 0.262 e. The number of para-hydroxylation sites is 2. The van der Waals surface area contributed by atoms with Gasteiger partial charge in [0.05, 0.1) is 19.9 Å². The molecule has 0 unspecified atom stereocenters. The van der Waals surface area contributed by atoms with Crippen molar-refractivity contribution in [1.29, 1.82) is 0 Å². The van der Waals surface area contributed by atoms with E-state index in [1.165, 1.54) is 39.3 Å². The number of piperidine rings is 1. The van der Waals surface area contributed by atoms with Crippen molar-refractivity contribution in [3.8, 4) is 17.2 Å². The number of carbonyl (C=O) groups is 2. The van der Waals surface area contributed by atoms with E-state index in [1.807, 2.05) is 12.1 Å². The highest BCUT2D eigenvalue weighted by molar-refractivity contribution is 5.95. The molecule has 2 fully saturated rings. The summed E-state index contributed by atoms with van der Waals surface area (Å²) in [7, 11) is 3.06. The maximum atomic E-state index is 12.9. The highest BCUT2D eigenvalue weighted by Gasteiger charge is 2.25. The molecule has 36 heavy (non-hydrogen) atoms. The van der Waals surface area contributed by atoms with Gasteiger partial charge in [-0.05, 0) is 61.9 Å². The molecule has 1 heterocycles. The number of methoxy groups -OCH3 is 2. The molecule has 1 saturated heterocycles. The first-order valence-electron chi connectivity index (χ1n) is 12.8. The lowest BCUT2D eigenvalue weighted by molar-refractivity contribution is -0.118. The fourth-order valence-corrected chi connectivity index (χ4v) is 5.09. The van der Waals surface area contributed by atoms with E-state index in [9.17, 15) is 9.59 Å². The number of benzene rings is 2. The lowest BCUT2D eigenvalue weighted by Crippen LogP contribution is -2.45. The lowest BCUT2D eigenvalue weighted by Gasteiger charge is -2.33. The van der Waals surface area contributed by atoms with Gasteiger partial charge in [-0.25, -0.2) is 0 Å². The number of nitrogens with one attached hydrogen (secondary N) is 2. The summed E-state index contributed by atoms with van der Waals surface area (Å²) in [5.41, 5.74) is 1.07. The predicted octanol–water partition coefficient (Wildman–Crippen LogP) is 4.11. The predicted molar refractivity (Wildman–Crippen MR) is 139 cm³/mol. The Morgan fingerprint density at radius 1 is 0.917 bits per heavy atom. The molecule has 194 valence electrons. The van der Waals surface area contributed by atoms with Crippen molar-refractivity contribution in [3.63, 3.8) is 0 Å². The van der Waals surface area contributed by atoms with Crippen LogP contribution in [-0.4, -0.2) is 63.2 Å². The Bertz CT molecular complexity index is 1030. The average molecular weight is 496 g/mol. The molecular formula is C28H37N3O5. The number of amides is 2. The molecule has 8 nitrogen and oxygen atoms in total. The number of nitrogens with zero attached hydrogens (tertiary/aromatic N) is 1. The van der Waals surface area contributed by atoms with Crippen molar-refractivity contribution in [2.45, 2.75) is 44.6 Å². The first-order valence-corrected chi connectivity index (χ1v) is 12.8. The second kappa shape index (κ2) is 12.6. The van der Waals surface area contributed by atoms with Crippen LogP contribution in [0.15, 0.2) is 42.5 Å². The number of rotatable bonds is 10. The van der Waals surface area contributed by atoms with Gasteiger partial charge >= 0.3 is 0 Å². The molecule has 2 amide bonds. The number of carbonyl (C=O) groups excluding carboxylic acids is 2. The Kier molecular flexibility index (Phi) is 9.06. The van der Waals surface area contributed by atoms with Gasteiger partial charge in [-0.1, -0.05) is 25.0 Å². The van der Waals surface area contributed by atoms with Gasteiger partial charge in [0.1, 0.15) is 5.75 Å². The molecule has 1 saturated carbocycles. The monoisotopic (exact) mass is 495 g/mol. The summed E-state index contributed by atoms with van der Waals surface area (Å²) in [6, 6.07) is 12.3. The van der Waals surface area contributed by atoms with Crippen LogP contribution in [0, 0.1) is 5.92 Å². The van der Waals surface area contributed by atoms with Crippen molar-refractivity contribution in [2.75, 3.05) is 45.8 Å². The highest BCUT2D eigenvalue weighted by Crippen LogP contribution is 2.29. The van der Waals surface area contributed by atoms with Crippen LogP contribution in [0.5, 0.6) is 17.2 Å². The zero-order chi connectivity index (χ0) is 25.3. The van der Waals surface area contributed by atoms with E-state index in [0.29, 0.717) is 28.5 Å². The second-order valence-electron chi connectivity index (χ2n) is 9.60. The second-order valence-corrected chi connectivity index (χ2v) is 9.60. The van der Waals surface area contributed by atoms with Gasteiger partial charge in [0, 0.05) is 31.2 Å². The van der Waals surface area contributed by atoms with Crippen molar-refractivity contribution in [1.82, 2.24) is 10.2 Å². The fraction of sp³-hybridized carbons (Fsp3) is 0.500. The van der Waals surface area contributed by atoms with Gasteiger partial charge in [-0.15, -0.1) is 0 Å². The highest BCUT2D eigenvalue weighted by atomic mass is 16.5. The Balaban J connectivity index is 1.26. The summed E-state index contributed by atoms with van der Waals surface area (Å²) in [5, 5.41) is 5.94. The molecule has 0 spiro atoms. The molecule has 2 N–H and O–H groups in total. The van der Waals surface area contributed by atoms with Gasteiger partial charge in [0.2, 0.25) is 0 Å². The van der Waals surface area contributed by atoms with Crippen LogP contribution < -0.4 is 24.8 Å². The molecule has 2 aromatic carbocycles. The minimum Gasteiger partial charge on any atom is -0.495 e. The number of hydrogen-bond acceptors (Lipinski definition) is 6. The molecular weight excluding hydrogens is 458 g/mol. The summed E-state index contributed by atoms with van der Waals surface area (Å²) in [4.78, 5) is 27.8. The summed E-state index contributed by atoms with van der Waals surface area (Å²) in [5.74, 6) is 1.77. The lowest BCUT2D eigenvalue weighted by atomic mass is 10.0.